The van der Waals surface area contributed by atoms with Gasteiger partial charge in [0, 0.05) is 13.2 Å². The van der Waals surface area contributed by atoms with Crippen LogP contribution in [0.5, 0.6) is 0 Å². The molecule has 5 heteroatoms. The quantitative estimate of drug-likeness (QED) is 0.802. The van der Waals surface area contributed by atoms with Crippen molar-refractivity contribution in [2.24, 2.45) is 7.05 Å². The third-order valence-electron chi connectivity index (χ3n) is 2.52. The molecule has 2 aromatic rings. The molecule has 0 radical (unpaired) electrons. The molecule has 1 heterocycles. The molecule has 0 amide bonds. The Hall–Kier alpha value is -2.04. The van der Waals surface area contributed by atoms with Crippen LogP contribution in [0.15, 0.2) is 24.4 Å². The minimum atomic E-state index is -0.338. The average Bonchev–Trinajstić information content (AvgIpc) is 2.63. The maximum Gasteiger partial charge on any atom is 0.125 e. The zero-order valence-corrected chi connectivity index (χ0v) is 9.87. The molecule has 0 aliphatic rings. The van der Waals surface area contributed by atoms with E-state index < -0.39 is 0 Å². The first-order chi connectivity index (χ1) is 8.10. The fraction of sp³-hybridized carbons (Fsp3) is 0.250. The van der Waals surface area contributed by atoms with Crippen molar-refractivity contribution in [2.45, 2.75) is 13.3 Å². The van der Waals surface area contributed by atoms with E-state index in [0.717, 1.165) is 17.8 Å². The van der Waals surface area contributed by atoms with E-state index in [1.807, 2.05) is 20.2 Å². The van der Waals surface area contributed by atoms with Gasteiger partial charge in [-0.2, -0.15) is 5.10 Å². The Balaban J connectivity index is 2.30. The lowest BCUT2D eigenvalue weighted by Crippen LogP contribution is -1.98. The summed E-state index contributed by atoms with van der Waals surface area (Å²) in [6.45, 7) is 2.03. The lowest BCUT2D eigenvalue weighted by atomic mass is 10.2. The van der Waals surface area contributed by atoms with Crippen LogP contribution in [-0.4, -0.2) is 9.78 Å². The summed E-state index contributed by atoms with van der Waals surface area (Å²) in [6.07, 6.45) is 2.70. The van der Waals surface area contributed by atoms with Crippen LogP contribution in [0.4, 0.5) is 21.5 Å². The number of hydrogen-bond donors (Lipinski definition) is 2. The van der Waals surface area contributed by atoms with Gasteiger partial charge in [0.05, 0.1) is 22.8 Å². The average molecular weight is 234 g/mol. The molecule has 0 aliphatic carbocycles. The Morgan fingerprint density at radius 2 is 2.18 bits per heavy atom. The smallest absolute Gasteiger partial charge is 0.125 e. The van der Waals surface area contributed by atoms with Crippen LogP contribution in [0.2, 0.25) is 0 Å². The summed E-state index contributed by atoms with van der Waals surface area (Å²) in [6, 6.07) is 4.29. The standard InChI is InChI=1S/C12H15FN4/c1-3-10-12(7-17(2)16-10)15-11-5-4-8(13)6-9(11)14/h4-7,15H,3,14H2,1-2H3. The molecule has 90 valence electrons. The van der Waals surface area contributed by atoms with Crippen LogP contribution < -0.4 is 11.1 Å². The van der Waals surface area contributed by atoms with Crippen molar-refractivity contribution < 1.29 is 4.39 Å². The zero-order chi connectivity index (χ0) is 12.4. The Labute approximate surface area is 99.2 Å². The molecule has 1 aromatic carbocycles. The van der Waals surface area contributed by atoms with Crippen molar-refractivity contribution in [2.75, 3.05) is 11.1 Å². The van der Waals surface area contributed by atoms with Crippen LogP contribution in [0, 0.1) is 5.82 Å². The van der Waals surface area contributed by atoms with Gasteiger partial charge in [-0.15, -0.1) is 0 Å². The number of benzene rings is 1. The van der Waals surface area contributed by atoms with Gasteiger partial charge in [0.2, 0.25) is 0 Å². The van der Waals surface area contributed by atoms with E-state index in [2.05, 4.69) is 10.4 Å². The van der Waals surface area contributed by atoms with E-state index >= 15 is 0 Å². The summed E-state index contributed by atoms with van der Waals surface area (Å²) in [7, 11) is 1.86. The summed E-state index contributed by atoms with van der Waals surface area (Å²) in [5, 5.41) is 7.48. The van der Waals surface area contributed by atoms with Gasteiger partial charge in [0.25, 0.3) is 0 Å². The first-order valence-corrected chi connectivity index (χ1v) is 5.44. The Morgan fingerprint density at radius 3 is 2.82 bits per heavy atom. The maximum atomic E-state index is 12.9. The molecule has 3 N–H and O–H groups in total. The molecule has 0 saturated carbocycles. The molecule has 0 atom stereocenters. The first-order valence-electron chi connectivity index (χ1n) is 5.44. The lowest BCUT2D eigenvalue weighted by Gasteiger charge is -2.08. The molecular formula is C12H15FN4. The zero-order valence-electron chi connectivity index (χ0n) is 9.87. The normalized spacial score (nSPS) is 10.5. The summed E-state index contributed by atoms with van der Waals surface area (Å²) >= 11 is 0. The van der Waals surface area contributed by atoms with Crippen molar-refractivity contribution in [3.63, 3.8) is 0 Å². The van der Waals surface area contributed by atoms with E-state index in [1.165, 1.54) is 12.1 Å². The number of hydrogen-bond acceptors (Lipinski definition) is 3. The van der Waals surface area contributed by atoms with Gasteiger partial charge in [-0.3, -0.25) is 4.68 Å². The van der Waals surface area contributed by atoms with Crippen LogP contribution in [-0.2, 0) is 13.5 Å². The van der Waals surface area contributed by atoms with Gasteiger partial charge in [0.1, 0.15) is 5.82 Å². The van der Waals surface area contributed by atoms with E-state index in [4.69, 9.17) is 5.73 Å². The number of halogens is 1. The predicted octanol–water partition coefficient (Wildman–Crippen LogP) is 2.45. The molecule has 4 nitrogen and oxygen atoms in total. The van der Waals surface area contributed by atoms with E-state index in [9.17, 15) is 4.39 Å². The van der Waals surface area contributed by atoms with Gasteiger partial charge >= 0.3 is 0 Å². The van der Waals surface area contributed by atoms with E-state index in [1.54, 1.807) is 10.7 Å². The highest BCUT2D eigenvalue weighted by molar-refractivity contribution is 5.73. The molecule has 2 rings (SSSR count). The maximum absolute atomic E-state index is 12.9. The largest absolute Gasteiger partial charge is 0.397 e. The van der Waals surface area contributed by atoms with Crippen LogP contribution in [0.3, 0.4) is 0 Å². The van der Waals surface area contributed by atoms with E-state index in [0.29, 0.717) is 11.4 Å². The summed E-state index contributed by atoms with van der Waals surface area (Å²) < 4.78 is 14.6. The molecule has 0 spiro atoms. The summed E-state index contributed by atoms with van der Waals surface area (Å²) in [4.78, 5) is 0. The molecular weight excluding hydrogens is 219 g/mol. The van der Waals surface area contributed by atoms with E-state index in [-0.39, 0.29) is 5.82 Å². The second-order valence-electron chi connectivity index (χ2n) is 3.87. The number of aromatic nitrogens is 2. The van der Waals surface area contributed by atoms with Crippen LogP contribution >= 0.6 is 0 Å². The Morgan fingerprint density at radius 1 is 1.41 bits per heavy atom. The minimum absolute atomic E-state index is 0.338. The Bertz CT molecular complexity index is 533. The van der Waals surface area contributed by atoms with Gasteiger partial charge in [-0.05, 0) is 24.6 Å². The third kappa shape index (κ3) is 2.38. The van der Waals surface area contributed by atoms with Crippen molar-refractivity contribution >= 4 is 17.1 Å². The second kappa shape index (κ2) is 4.45. The van der Waals surface area contributed by atoms with Crippen LogP contribution in [0.1, 0.15) is 12.6 Å². The third-order valence-corrected chi connectivity index (χ3v) is 2.52. The number of nitrogens with zero attached hydrogens (tertiary/aromatic N) is 2. The van der Waals surface area contributed by atoms with Gasteiger partial charge in [0.15, 0.2) is 0 Å². The fourth-order valence-electron chi connectivity index (χ4n) is 1.69. The highest BCUT2D eigenvalue weighted by atomic mass is 19.1. The van der Waals surface area contributed by atoms with Gasteiger partial charge < -0.3 is 11.1 Å². The number of anilines is 3. The number of rotatable bonds is 3. The molecule has 0 fully saturated rings. The molecule has 0 bridgehead atoms. The predicted molar refractivity (Wildman–Crippen MR) is 66.7 cm³/mol. The molecule has 0 aliphatic heterocycles. The Kier molecular flexibility index (Phi) is 2.99. The molecule has 17 heavy (non-hydrogen) atoms. The molecule has 0 unspecified atom stereocenters. The van der Waals surface area contributed by atoms with Crippen molar-refractivity contribution in [3.8, 4) is 0 Å². The van der Waals surface area contributed by atoms with Crippen molar-refractivity contribution in [3.05, 3.63) is 35.9 Å². The molecule has 0 saturated heterocycles. The van der Waals surface area contributed by atoms with Gasteiger partial charge in [-0.25, -0.2) is 4.39 Å². The highest BCUT2D eigenvalue weighted by Crippen LogP contribution is 2.25. The number of nitrogens with two attached hydrogens (primary N) is 1. The van der Waals surface area contributed by atoms with Crippen molar-refractivity contribution in [1.82, 2.24) is 9.78 Å². The minimum Gasteiger partial charge on any atom is -0.397 e. The second-order valence-corrected chi connectivity index (χ2v) is 3.87. The summed E-state index contributed by atoms with van der Waals surface area (Å²) in [5.41, 5.74) is 8.66. The highest BCUT2D eigenvalue weighted by Gasteiger charge is 2.07. The number of nitrogen functional groups attached to an aromatic ring is 1. The first kappa shape index (κ1) is 11.4. The van der Waals surface area contributed by atoms with Crippen molar-refractivity contribution in [1.29, 1.82) is 0 Å². The topological polar surface area (TPSA) is 55.9 Å². The fourth-order valence-corrected chi connectivity index (χ4v) is 1.69. The van der Waals surface area contributed by atoms with Crippen LogP contribution in [0.25, 0.3) is 0 Å². The summed E-state index contributed by atoms with van der Waals surface area (Å²) in [5.74, 6) is -0.338. The SMILES string of the molecule is CCc1nn(C)cc1Nc1ccc(F)cc1N. The molecule has 1 aromatic heterocycles. The van der Waals surface area contributed by atoms with Gasteiger partial charge in [-0.1, -0.05) is 6.92 Å². The lowest BCUT2D eigenvalue weighted by molar-refractivity contribution is 0.628. The monoisotopic (exact) mass is 234 g/mol. The number of nitrogens with one attached hydrogen (secondary N) is 1. The number of aryl methyl sites for hydroxylation is 2.